The molecule has 0 amide bonds. The Balaban J connectivity index is 2.01. The van der Waals surface area contributed by atoms with E-state index in [2.05, 4.69) is 15.9 Å². The molecule has 0 bridgehead atoms. The first kappa shape index (κ1) is 16.6. The van der Waals surface area contributed by atoms with Crippen molar-refractivity contribution in [3.8, 4) is 0 Å². The Kier molecular flexibility index (Phi) is 4.13. The molecule has 4 N–H and O–H groups in total. The Bertz CT molecular complexity index is 819. The average Bonchev–Trinajstić information content (AvgIpc) is 3.16. The van der Waals surface area contributed by atoms with Gasteiger partial charge in [0, 0.05) is 16.9 Å². The number of benzene rings is 2. The summed E-state index contributed by atoms with van der Waals surface area (Å²) in [7, 11) is -3.53. The second kappa shape index (κ2) is 5.70. The minimum absolute atomic E-state index is 0.128. The monoisotopic (exact) mass is 394 g/mol. The fraction of sp³-hybridized carbons (Fsp3) is 0.294. The van der Waals surface area contributed by atoms with Crippen LogP contribution in [0.4, 0.5) is 0 Å². The Morgan fingerprint density at radius 2 is 1.65 bits per heavy atom. The number of hydrogen-bond acceptors (Lipinski definition) is 4. The van der Waals surface area contributed by atoms with Crippen molar-refractivity contribution >= 4 is 25.8 Å². The molecule has 23 heavy (non-hydrogen) atoms. The van der Waals surface area contributed by atoms with Crippen LogP contribution in [0.5, 0.6) is 0 Å². The maximum Gasteiger partial charge on any atom is 0.183 e. The van der Waals surface area contributed by atoms with Crippen LogP contribution in [0.25, 0.3) is 0 Å². The van der Waals surface area contributed by atoms with Crippen molar-refractivity contribution in [2.24, 2.45) is 11.5 Å². The first-order valence-electron chi connectivity index (χ1n) is 7.35. The summed E-state index contributed by atoms with van der Waals surface area (Å²) in [4.78, 5) is 0.302. The molecule has 1 fully saturated rings. The molecule has 0 aliphatic heterocycles. The predicted octanol–water partition coefficient (Wildman–Crippen LogP) is 2.35. The molecule has 0 heterocycles. The third-order valence-corrected chi connectivity index (χ3v) is 7.41. The molecule has 122 valence electrons. The van der Waals surface area contributed by atoms with Gasteiger partial charge in [-0.05, 0) is 36.8 Å². The zero-order valence-electron chi connectivity index (χ0n) is 12.7. The van der Waals surface area contributed by atoms with Crippen molar-refractivity contribution in [1.29, 1.82) is 0 Å². The molecule has 1 saturated carbocycles. The predicted molar refractivity (Wildman–Crippen MR) is 95.0 cm³/mol. The lowest BCUT2D eigenvalue weighted by Crippen LogP contribution is -2.39. The smallest absolute Gasteiger partial charge is 0.183 e. The number of aryl methyl sites for hydroxylation is 1. The minimum atomic E-state index is -3.53. The second-order valence-electron chi connectivity index (χ2n) is 6.12. The van der Waals surface area contributed by atoms with E-state index in [1.165, 1.54) is 0 Å². The molecule has 3 unspecified atom stereocenters. The van der Waals surface area contributed by atoms with Gasteiger partial charge >= 0.3 is 0 Å². The van der Waals surface area contributed by atoms with Gasteiger partial charge < -0.3 is 11.5 Å². The van der Waals surface area contributed by atoms with E-state index in [4.69, 9.17) is 11.5 Å². The summed E-state index contributed by atoms with van der Waals surface area (Å²) in [5, 5.41) is -0.691. The lowest BCUT2D eigenvalue weighted by molar-refractivity contribution is 0.586. The molecule has 4 nitrogen and oxygen atoms in total. The second-order valence-corrected chi connectivity index (χ2v) is 9.11. The van der Waals surface area contributed by atoms with Crippen molar-refractivity contribution < 1.29 is 8.42 Å². The molecular formula is C17H19BrN2O2S. The summed E-state index contributed by atoms with van der Waals surface area (Å²) in [5.74, 6) is -0.285. The summed E-state index contributed by atoms with van der Waals surface area (Å²) in [5.41, 5.74) is 13.2. The molecule has 0 spiro atoms. The molecule has 1 aliphatic carbocycles. The molecule has 2 aromatic carbocycles. The summed E-state index contributed by atoms with van der Waals surface area (Å²) in [6, 6.07) is 14.4. The summed E-state index contributed by atoms with van der Waals surface area (Å²) in [6.45, 7) is 2.05. The van der Waals surface area contributed by atoms with Gasteiger partial charge in [0.15, 0.2) is 9.84 Å². The van der Waals surface area contributed by atoms with Gasteiger partial charge in [-0.1, -0.05) is 45.8 Å². The zero-order valence-corrected chi connectivity index (χ0v) is 15.1. The standard InChI is InChI=1S/C17H19BrN2O2S/c1-11-2-8-14(9-3-11)23(21,22)16-15(17(16,20)10-19)12-4-6-13(18)7-5-12/h2-9,15-16H,10,19-20H2,1H3. The van der Waals surface area contributed by atoms with Crippen LogP contribution >= 0.6 is 15.9 Å². The van der Waals surface area contributed by atoms with Gasteiger partial charge in [-0.15, -0.1) is 0 Å². The maximum absolute atomic E-state index is 13.0. The summed E-state index contributed by atoms with van der Waals surface area (Å²) >= 11 is 3.38. The first-order chi connectivity index (χ1) is 10.8. The van der Waals surface area contributed by atoms with Crippen molar-refractivity contribution in [1.82, 2.24) is 0 Å². The van der Waals surface area contributed by atoms with Gasteiger partial charge in [-0.25, -0.2) is 8.42 Å². The average molecular weight is 395 g/mol. The molecular weight excluding hydrogens is 376 g/mol. The highest BCUT2D eigenvalue weighted by atomic mass is 79.9. The molecule has 0 radical (unpaired) electrons. The van der Waals surface area contributed by atoms with E-state index < -0.39 is 20.6 Å². The van der Waals surface area contributed by atoms with Crippen molar-refractivity contribution in [2.45, 2.75) is 28.5 Å². The van der Waals surface area contributed by atoms with Crippen molar-refractivity contribution in [2.75, 3.05) is 6.54 Å². The number of halogens is 1. The molecule has 0 aromatic heterocycles. The topological polar surface area (TPSA) is 86.2 Å². The van der Waals surface area contributed by atoms with Crippen LogP contribution in [0.1, 0.15) is 17.0 Å². The molecule has 1 aliphatic rings. The summed E-state index contributed by atoms with van der Waals surface area (Å²) < 4.78 is 26.9. The molecule has 6 heteroatoms. The normalized spacial score (nSPS) is 27.0. The van der Waals surface area contributed by atoms with Crippen LogP contribution < -0.4 is 11.5 Å². The minimum Gasteiger partial charge on any atom is -0.329 e. The third kappa shape index (κ3) is 2.74. The Morgan fingerprint density at radius 3 is 2.17 bits per heavy atom. The molecule has 0 saturated heterocycles. The fourth-order valence-corrected chi connectivity index (χ4v) is 5.75. The van der Waals surface area contributed by atoms with E-state index >= 15 is 0 Å². The van der Waals surface area contributed by atoms with Gasteiger partial charge in [0.05, 0.1) is 15.7 Å². The number of sulfone groups is 1. The molecule has 2 aromatic rings. The number of nitrogens with two attached hydrogens (primary N) is 2. The highest BCUT2D eigenvalue weighted by Gasteiger charge is 2.68. The van der Waals surface area contributed by atoms with Crippen LogP contribution in [-0.2, 0) is 9.84 Å². The first-order valence-corrected chi connectivity index (χ1v) is 9.69. The van der Waals surface area contributed by atoms with E-state index in [1.54, 1.807) is 24.3 Å². The Labute approximate surface area is 144 Å². The summed E-state index contributed by atoms with van der Waals surface area (Å²) in [6.07, 6.45) is 0. The van der Waals surface area contributed by atoms with Gasteiger partial charge in [-0.2, -0.15) is 0 Å². The molecule has 3 rings (SSSR count). The SMILES string of the molecule is Cc1ccc(S(=O)(=O)C2C(c3ccc(Br)cc3)C2(N)CN)cc1. The van der Waals surface area contributed by atoms with Gasteiger partial charge in [0.2, 0.25) is 0 Å². The Morgan fingerprint density at radius 1 is 1.09 bits per heavy atom. The van der Waals surface area contributed by atoms with Crippen molar-refractivity contribution in [3.05, 3.63) is 64.1 Å². The van der Waals surface area contributed by atoms with Crippen LogP contribution in [0.3, 0.4) is 0 Å². The molecule has 3 atom stereocenters. The van der Waals surface area contributed by atoms with Crippen LogP contribution in [-0.4, -0.2) is 25.8 Å². The van der Waals surface area contributed by atoms with E-state index in [-0.39, 0.29) is 12.5 Å². The zero-order chi connectivity index (χ0) is 16.8. The van der Waals surface area contributed by atoms with Crippen LogP contribution in [0, 0.1) is 6.92 Å². The maximum atomic E-state index is 13.0. The number of hydrogen-bond donors (Lipinski definition) is 2. The van der Waals surface area contributed by atoms with Gasteiger partial charge in [0.1, 0.15) is 0 Å². The quantitative estimate of drug-likeness (QED) is 0.832. The lowest BCUT2D eigenvalue weighted by atomic mass is 10.1. The highest BCUT2D eigenvalue weighted by Crippen LogP contribution is 2.55. The largest absolute Gasteiger partial charge is 0.329 e. The van der Waals surface area contributed by atoms with Crippen molar-refractivity contribution in [3.63, 3.8) is 0 Å². The fourth-order valence-electron chi connectivity index (χ4n) is 3.16. The highest BCUT2D eigenvalue weighted by molar-refractivity contribution is 9.10. The van der Waals surface area contributed by atoms with E-state index in [0.717, 1.165) is 15.6 Å². The van der Waals surface area contributed by atoms with E-state index in [1.807, 2.05) is 31.2 Å². The van der Waals surface area contributed by atoms with Gasteiger partial charge in [-0.3, -0.25) is 0 Å². The third-order valence-electron chi connectivity index (χ3n) is 4.57. The van der Waals surface area contributed by atoms with Crippen LogP contribution in [0.2, 0.25) is 0 Å². The van der Waals surface area contributed by atoms with Crippen LogP contribution in [0.15, 0.2) is 57.9 Å². The van der Waals surface area contributed by atoms with E-state index in [9.17, 15) is 8.42 Å². The van der Waals surface area contributed by atoms with E-state index in [0.29, 0.717) is 4.90 Å². The number of rotatable bonds is 4. The Hall–Kier alpha value is -1.21. The van der Waals surface area contributed by atoms with Gasteiger partial charge in [0.25, 0.3) is 0 Å². The lowest BCUT2D eigenvalue weighted by Gasteiger charge is -2.09.